The summed E-state index contributed by atoms with van der Waals surface area (Å²) in [4.78, 5) is 29.2. The number of H-pyrrole nitrogens is 1. The number of nitrogens with zero attached hydrogens (tertiary/aromatic N) is 6. The average Bonchev–Trinajstić information content (AvgIpc) is 3.53. The number of hydrogen-bond acceptors (Lipinski definition) is 7. The van der Waals surface area contributed by atoms with Gasteiger partial charge in [-0.15, -0.1) is 0 Å². The van der Waals surface area contributed by atoms with Crippen LogP contribution in [0.2, 0.25) is 0 Å². The molecule has 3 N–H and O–H groups in total. The molecule has 0 aliphatic carbocycles. The quantitative estimate of drug-likeness (QED) is 0.329. The molecule has 0 bridgehead atoms. The van der Waals surface area contributed by atoms with Gasteiger partial charge in [0, 0.05) is 43.3 Å². The van der Waals surface area contributed by atoms with Crippen LogP contribution in [0.3, 0.4) is 0 Å². The van der Waals surface area contributed by atoms with Gasteiger partial charge in [-0.1, -0.05) is 12.1 Å². The fourth-order valence-corrected chi connectivity index (χ4v) is 4.35. The van der Waals surface area contributed by atoms with Gasteiger partial charge in [-0.2, -0.15) is 5.10 Å². The van der Waals surface area contributed by atoms with E-state index in [0.29, 0.717) is 45.4 Å². The van der Waals surface area contributed by atoms with Gasteiger partial charge in [0.1, 0.15) is 18.2 Å². The Morgan fingerprint density at radius 1 is 1.22 bits per heavy atom. The number of benzene rings is 1. The minimum Gasteiger partial charge on any atom is -0.486 e. The number of ether oxygens (including phenoxy) is 1. The van der Waals surface area contributed by atoms with Crippen molar-refractivity contribution in [2.45, 2.75) is 6.54 Å². The summed E-state index contributed by atoms with van der Waals surface area (Å²) in [7, 11) is 1.83. The average molecular weight is 500 g/mol. The van der Waals surface area contributed by atoms with Crippen LogP contribution in [0.5, 0.6) is 5.75 Å². The maximum Gasteiger partial charge on any atom is 0.412 e. The predicted octanol–water partition coefficient (Wildman–Crippen LogP) is 4.05. The zero-order valence-corrected chi connectivity index (χ0v) is 19.6. The molecule has 5 heterocycles. The molecule has 1 aliphatic rings. The molecule has 0 radical (unpaired) electrons. The Balaban J connectivity index is 1.26. The van der Waals surface area contributed by atoms with Gasteiger partial charge in [0.05, 0.1) is 29.5 Å². The number of nitrogens with one attached hydrogen (secondary N) is 2. The van der Waals surface area contributed by atoms with Crippen molar-refractivity contribution in [3.8, 4) is 28.3 Å². The molecule has 0 fully saturated rings. The topological polar surface area (TPSA) is 134 Å². The van der Waals surface area contributed by atoms with Crippen molar-refractivity contribution in [2.24, 2.45) is 7.05 Å². The van der Waals surface area contributed by atoms with Crippen molar-refractivity contribution in [2.75, 3.05) is 23.4 Å². The van der Waals surface area contributed by atoms with Crippen LogP contribution in [0.4, 0.5) is 20.7 Å². The van der Waals surface area contributed by atoms with Gasteiger partial charge in [-0.25, -0.2) is 24.1 Å². The SMILES string of the molecule is Cn1cc(-c2nc3nccc(-c4ccc(CNc5nccc6c5OCCN6C(=O)O)c(F)c4)c3[nH]2)cn1. The number of fused-ring (bicyclic) bond motifs is 2. The summed E-state index contributed by atoms with van der Waals surface area (Å²) in [5.41, 5.74) is 4.31. The van der Waals surface area contributed by atoms with E-state index in [1.165, 1.54) is 17.2 Å². The fourth-order valence-electron chi connectivity index (χ4n) is 4.35. The molecule has 0 saturated heterocycles. The van der Waals surface area contributed by atoms with Gasteiger partial charge < -0.3 is 20.1 Å². The van der Waals surface area contributed by atoms with Crippen molar-refractivity contribution in [3.63, 3.8) is 0 Å². The lowest BCUT2D eigenvalue weighted by Crippen LogP contribution is -2.37. The van der Waals surface area contributed by atoms with Crippen molar-refractivity contribution in [1.82, 2.24) is 29.7 Å². The second-order valence-electron chi connectivity index (χ2n) is 8.50. The normalized spacial score (nSPS) is 12.9. The molecule has 186 valence electrons. The Morgan fingerprint density at radius 2 is 2.08 bits per heavy atom. The first-order valence-electron chi connectivity index (χ1n) is 11.5. The third-order valence-corrected chi connectivity index (χ3v) is 6.15. The van der Waals surface area contributed by atoms with Crippen LogP contribution in [-0.2, 0) is 13.6 Å². The number of carboxylic acid groups (broad SMARTS) is 1. The van der Waals surface area contributed by atoms with Gasteiger partial charge in [0.15, 0.2) is 17.2 Å². The number of hydrogen-bond donors (Lipinski definition) is 3. The van der Waals surface area contributed by atoms with Crippen LogP contribution in [-0.4, -0.2) is 54.1 Å². The predicted molar refractivity (Wildman–Crippen MR) is 134 cm³/mol. The second kappa shape index (κ2) is 8.90. The van der Waals surface area contributed by atoms with E-state index in [1.54, 1.807) is 29.2 Å². The molecule has 0 saturated carbocycles. The molecule has 5 aromatic rings. The third-order valence-electron chi connectivity index (χ3n) is 6.15. The van der Waals surface area contributed by atoms with Crippen LogP contribution in [0.1, 0.15) is 5.56 Å². The Kier molecular flexibility index (Phi) is 5.40. The first-order chi connectivity index (χ1) is 18.0. The van der Waals surface area contributed by atoms with Crippen LogP contribution >= 0.6 is 0 Å². The maximum absolute atomic E-state index is 15.2. The number of halogens is 1. The van der Waals surface area contributed by atoms with E-state index in [2.05, 4.69) is 30.4 Å². The summed E-state index contributed by atoms with van der Waals surface area (Å²) in [5.74, 6) is 0.908. The molecule has 37 heavy (non-hydrogen) atoms. The Morgan fingerprint density at radius 3 is 2.86 bits per heavy atom. The number of imidazole rings is 1. The van der Waals surface area contributed by atoms with Gasteiger partial charge in [0.2, 0.25) is 0 Å². The molecule has 1 aliphatic heterocycles. The summed E-state index contributed by atoms with van der Waals surface area (Å²) in [6, 6.07) is 8.38. The molecule has 0 unspecified atom stereocenters. The van der Waals surface area contributed by atoms with Gasteiger partial charge in [-0.05, 0) is 23.8 Å². The van der Waals surface area contributed by atoms with Crippen LogP contribution in [0.25, 0.3) is 33.7 Å². The largest absolute Gasteiger partial charge is 0.486 e. The summed E-state index contributed by atoms with van der Waals surface area (Å²) in [5, 5.41) is 16.7. The smallest absolute Gasteiger partial charge is 0.412 e. The molecule has 12 heteroatoms. The molecule has 1 aromatic carbocycles. The first-order valence-corrected chi connectivity index (χ1v) is 11.5. The minimum absolute atomic E-state index is 0.132. The fraction of sp³-hybridized carbons (Fsp3) is 0.160. The Bertz CT molecular complexity index is 1650. The van der Waals surface area contributed by atoms with Gasteiger partial charge >= 0.3 is 6.09 Å². The van der Waals surface area contributed by atoms with E-state index < -0.39 is 11.9 Å². The van der Waals surface area contributed by atoms with E-state index in [-0.39, 0.29) is 19.7 Å². The molecule has 0 spiro atoms. The Hall–Kier alpha value is -5.00. The van der Waals surface area contributed by atoms with E-state index >= 15 is 4.39 Å². The lowest BCUT2D eigenvalue weighted by atomic mass is 10.0. The summed E-state index contributed by atoms with van der Waals surface area (Å²) >= 11 is 0. The number of aromatic amines is 1. The second-order valence-corrected chi connectivity index (χ2v) is 8.50. The molecule has 4 aromatic heterocycles. The zero-order valence-electron chi connectivity index (χ0n) is 19.6. The first kappa shape index (κ1) is 22.5. The zero-order chi connectivity index (χ0) is 25.5. The molecule has 6 rings (SSSR count). The van der Waals surface area contributed by atoms with Gasteiger partial charge in [-0.3, -0.25) is 9.58 Å². The van der Waals surface area contributed by atoms with E-state index in [1.807, 2.05) is 25.4 Å². The third kappa shape index (κ3) is 4.07. The molecule has 0 atom stereocenters. The standard InChI is InChI=1S/C25H21FN8O3/c1-33-13-16(12-30-33)22-31-20-17(4-6-27-23(20)32-22)14-2-3-15(18(26)10-14)11-29-24-21-19(5-7-28-24)34(25(35)36)8-9-37-21/h2-7,10,12-13H,8-9,11H2,1H3,(H,28,29)(H,35,36)(H,27,31,32). The number of pyridine rings is 2. The van der Waals surface area contributed by atoms with Crippen molar-refractivity contribution >= 4 is 28.8 Å². The molecular weight excluding hydrogens is 479 g/mol. The highest BCUT2D eigenvalue weighted by molar-refractivity contribution is 5.92. The van der Waals surface area contributed by atoms with Gasteiger partial charge in [0.25, 0.3) is 0 Å². The highest BCUT2D eigenvalue weighted by Gasteiger charge is 2.26. The van der Waals surface area contributed by atoms with E-state index in [9.17, 15) is 9.90 Å². The summed E-state index contributed by atoms with van der Waals surface area (Å²) < 4.78 is 22.5. The van der Waals surface area contributed by atoms with Crippen LogP contribution in [0.15, 0.2) is 55.1 Å². The molecular formula is C25H21FN8O3. The molecule has 1 amide bonds. The lowest BCUT2D eigenvalue weighted by Gasteiger charge is -2.28. The van der Waals surface area contributed by atoms with Crippen LogP contribution < -0.4 is 15.0 Å². The van der Waals surface area contributed by atoms with Crippen LogP contribution in [0, 0.1) is 5.82 Å². The van der Waals surface area contributed by atoms with Crippen molar-refractivity contribution in [1.29, 1.82) is 0 Å². The minimum atomic E-state index is -1.07. The summed E-state index contributed by atoms with van der Waals surface area (Å²) in [6.07, 6.45) is 5.62. The molecule has 11 nitrogen and oxygen atoms in total. The number of amides is 1. The number of aromatic nitrogens is 6. The highest BCUT2D eigenvalue weighted by Crippen LogP contribution is 2.37. The Labute approximate surface area is 209 Å². The van der Waals surface area contributed by atoms with Crippen molar-refractivity contribution in [3.05, 3.63) is 66.5 Å². The number of aryl methyl sites for hydroxylation is 1. The summed E-state index contributed by atoms with van der Waals surface area (Å²) in [6.45, 7) is 0.566. The van der Waals surface area contributed by atoms with E-state index in [0.717, 1.165) is 11.1 Å². The monoisotopic (exact) mass is 500 g/mol. The number of carbonyl (C=O) groups is 1. The number of rotatable bonds is 5. The maximum atomic E-state index is 15.2. The van der Waals surface area contributed by atoms with Crippen molar-refractivity contribution < 1.29 is 19.0 Å². The lowest BCUT2D eigenvalue weighted by molar-refractivity contribution is 0.197. The van der Waals surface area contributed by atoms with E-state index in [4.69, 9.17) is 4.74 Å². The highest BCUT2D eigenvalue weighted by atomic mass is 19.1. The number of anilines is 2.